The van der Waals surface area contributed by atoms with Crippen molar-refractivity contribution in [3.8, 4) is 0 Å². The van der Waals surface area contributed by atoms with Crippen LogP contribution in [0.2, 0.25) is 0 Å². The number of hydrogen-bond donors (Lipinski definition) is 0. The standard InChI is InChI=1S/2C18H34.5C9H18.7C2H6.2CH4/c2*1-15-7-3-11-17(12-4-8-15)18-13-5-9-16(2)10-6-14-18;5*1-9-7-5-3-2-4-6-8-9;7*1-2;;/h2*15-18H,3-14H2,1-2H3;5*9H,2-8H2,1H3;7*1-2H3;2*1H4. The molecule has 596 valence electrons. The monoisotopic (exact) mass is 1370 g/mol. The molecule has 9 fully saturated rings. The Hall–Kier alpha value is 0. The summed E-state index contributed by atoms with van der Waals surface area (Å²) >= 11 is 0. The van der Waals surface area contributed by atoms with Gasteiger partial charge in [0.15, 0.2) is 0 Å². The van der Waals surface area contributed by atoms with Gasteiger partial charge in [-0.3, -0.25) is 0 Å². The average molecular weight is 1370 g/mol. The Morgan fingerprint density at radius 3 is 0.268 bits per heavy atom. The zero-order valence-electron chi connectivity index (χ0n) is 72.2. The lowest BCUT2D eigenvalue weighted by molar-refractivity contribution is 0.201. The second kappa shape index (κ2) is 90.2. The van der Waals surface area contributed by atoms with Crippen molar-refractivity contribution in [3.05, 3.63) is 0 Å². The molecule has 0 bridgehead atoms. The molecule has 0 radical (unpaired) electrons. The highest BCUT2D eigenvalue weighted by Crippen LogP contribution is 2.39. The molecule has 0 amide bonds. The Labute approximate surface area is 626 Å². The Morgan fingerprint density at radius 2 is 0.175 bits per heavy atom. The maximum Gasteiger partial charge on any atom is -0.0386 e. The van der Waals surface area contributed by atoms with Crippen molar-refractivity contribution in [2.75, 3.05) is 0 Å². The van der Waals surface area contributed by atoms with Gasteiger partial charge in [-0.2, -0.15) is 0 Å². The van der Waals surface area contributed by atoms with E-state index in [1.807, 2.05) is 96.9 Å². The Kier molecular flexibility index (Phi) is 103. The summed E-state index contributed by atoms with van der Waals surface area (Å²) in [5, 5.41) is 0. The van der Waals surface area contributed by atoms with Crippen LogP contribution in [0.3, 0.4) is 0 Å². The quantitative estimate of drug-likeness (QED) is 0.259. The second-order valence-corrected chi connectivity index (χ2v) is 32.2. The van der Waals surface area contributed by atoms with Crippen LogP contribution in [-0.2, 0) is 0 Å². The van der Waals surface area contributed by atoms with Gasteiger partial charge in [-0.15, -0.1) is 0 Å². The Balaban J connectivity index is -0.000000192. The lowest BCUT2D eigenvalue weighted by Gasteiger charge is -2.32. The van der Waals surface area contributed by atoms with E-state index in [9.17, 15) is 0 Å². The van der Waals surface area contributed by atoms with Crippen LogP contribution in [0.4, 0.5) is 0 Å². The highest BCUT2D eigenvalue weighted by atomic mass is 14.3. The van der Waals surface area contributed by atoms with E-state index in [0.717, 1.165) is 76.9 Å². The van der Waals surface area contributed by atoms with Crippen molar-refractivity contribution in [2.45, 2.75) is 553 Å². The van der Waals surface area contributed by atoms with Gasteiger partial charge >= 0.3 is 0 Å². The molecule has 0 aromatic heterocycles. The molecule has 9 saturated carbocycles. The minimum Gasteiger partial charge on any atom is -0.0776 e. The third kappa shape index (κ3) is 75.5. The molecule has 0 spiro atoms. The van der Waals surface area contributed by atoms with Gasteiger partial charge in [-0.1, -0.05) is 553 Å². The highest BCUT2D eigenvalue weighted by Gasteiger charge is 2.26. The van der Waals surface area contributed by atoms with Crippen LogP contribution in [0.5, 0.6) is 0 Å². The zero-order valence-corrected chi connectivity index (χ0v) is 72.2. The topological polar surface area (TPSA) is 0 Å². The first-order valence-electron chi connectivity index (χ1n) is 46.5. The first kappa shape index (κ1) is 110. The smallest absolute Gasteiger partial charge is 0.0386 e. The Bertz CT molecular complexity index is 1000. The van der Waals surface area contributed by atoms with E-state index in [1.54, 1.807) is 51.4 Å². The molecule has 9 rings (SSSR count). The van der Waals surface area contributed by atoms with Crippen molar-refractivity contribution < 1.29 is 0 Å². The van der Waals surface area contributed by atoms with Crippen LogP contribution in [0.1, 0.15) is 553 Å². The van der Waals surface area contributed by atoms with Crippen LogP contribution in [-0.4, -0.2) is 0 Å². The minimum atomic E-state index is 0. The third-order valence-corrected chi connectivity index (χ3v) is 23.5. The molecule has 0 heteroatoms. The molecule has 0 aromatic rings. The molecular weight excluding hydrogens is 1170 g/mol. The lowest BCUT2D eigenvalue weighted by atomic mass is 9.74. The van der Waals surface area contributed by atoms with Crippen LogP contribution >= 0.6 is 0 Å². The fourth-order valence-corrected chi connectivity index (χ4v) is 17.2. The van der Waals surface area contributed by atoms with E-state index in [1.165, 1.54) is 327 Å². The molecule has 0 N–H and O–H groups in total. The van der Waals surface area contributed by atoms with Gasteiger partial charge in [-0.25, -0.2) is 0 Å². The summed E-state index contributed by atoms with van der Waals surface area (Å²) in [6.07, 6.45) is 88.6. The van der Waals surface area contributed by atoms with Crippen molar-refractivity contribution in [1.29, 1.82) is 0 Å². The van der Waals surface area contributed by atoms with E-state index in [2.05, 4.69) is 62.3 Å². The summed E-state index contributed by atoms with van der Waals surface area (Å²) in [5.41, 5.74) is 0. The van der Waals surface area contributed by atoms with Crippen molar-refractivity contribution in [1.82, 2.24) is 0 Å². The Morgan fingerprint density at radius 1 is 0.103 bits per heavy atom. The van der Waals surface area contributed by atoms with Gasteiger partial charge in [0.2, 0.25) is 0 Å². The molecular formula is C97H208. The van der Waals surface area contributed by atoms with Gasteiger partial charge < -0.3 is 0 Å². The predicted molar refractivity (Wildman–Crippen MR) is 462 cm³/mol. The van der Waals surface area contributed by atoms with Gasteiger partial charge in [0.25, 0.3) is 0 Å². The normalized spacial score (nSPS) is 27.0. The van der Waals surface area contributed by atoms with Gasteiger partial charge in [0, 0.05) is 0 Å². The van der Waals surface area contributed by atoms with Crippen LogP contribution < -0.4 is 0 Å². The molecule has 0 aromatic carbocycles. The third-order valence-electron chi connectivity index (χ3n) is 23.5. The molecule has 0 heterocycles. The van der Waals surface area contributed by atoms with E-state index in [0.29, 0.717) is 0 Å². The summed E-state index contributed by atoms with van der Waals surface area (Å²) in [6.45, 7) is 49.8. The average Bonchev–Trinajstić information content (AvgIpc) is 1.77. The largest absolute Gasteiger partial charge is 0.0776 e. The maximum absolute atomic E-state index is 2.46. The predicted octanol–water partition coefficient (Wildman–Crippen LogP) is 37.7. The number of rotatable bonds is 2. The SMILES string of the molecule is C.C.CC.CC.CC.CC.CC.CC.CC.CC1CCCC(C2CCCC(C)CCC2)CCC1.CC1CCCC(C2CCCC(C)CCC2)CCC1.CC1CCCCCCC1.CC1CCCCCCC1.CC1CCCCCCC1.CC1CCCCCCC1.CC1CCCCCCC1. The number of hydrogen-bond acceptors (Lipinski definition) is 0. The van der Waals surface area contributed by atoms with Gasteiger partial charge in [0.05, 0.1) is 0 Å². The molecule has 9 aliphatic carbocycles. The molecule has 97 heavy (non-hydrogen) atoms. The van der Waals surface area contributed by atoms with E-state index >= 15 is 0 Å². The lowest BCUT2D eigenvalue weighted by Crippen LogP contribution is -2.19. The van der Waals surface area contributed by atoms with Crippen molar-refractivity contribution >= 4 is 0 Å². The van der Waals surface area contributed by atoms with E-state index in [-0.39, 0.29) is 14.9 Å². The highest BCUT2D eigenvalue weighted by molar-refractivity contribution is 4.78. The molecule has 0 atom stereocenters. The van der Waals surface area contributed by atoms with Crippen molar-refractivity contribution in [3.63, 3.8) is 0 Å². The fourth-order valence-electron chi connectivity index (χ4n) is 17.2. The van der Waals surface area contributed by atoms with E-state index in [4.69, 9.17) is 0 Å². The van der Waals surface area contributed by atoms with E-state index < -0.39 is 0 Å². The molecule has 0 nitrogen and oxygen atoms in total. The molecule has 0 aliphatic heterocycles. The van der Waals surface area contributed by atoms with Gasteiger partial charge in [0.1, 0.15) is 0 Å². The first-order chi connectivity index (χ1) is 46.5. The first-order valence-corrected chi connectivity index (χ1v) is 46.5. The minimum absolute atomic E-state index is 0. The summed E-state index contributed by atoms with van der Waals surface area (Å²) in [6, 6.07) is 0. The van der Waals surface area contributed by atoms with Crippen molar-refractivity contribution in [2.24, 2.45) is 76.9 Å². The molecule has 9 aliphatic rings. The fraction of sp³-hybridized carbons (Fsp3) is 1.00. The zero-order chi connectivity index (χ0) is 72.2. The summed E-state index contributed by atoms with van der Waals surface area (Å²) in [5.74, 6) is 13.5. The molecule has 0 saturated heterocycles. The van der Waals surface area contributed by atoms with Crippen LogP contribution in [0.25, 0.3) is 0 Å². The second-order valence-electron chi connectivity index (χ2n) is 32.2. The molecule has 0 unspecified atom stereocenters. The maximum atomic E-state index is 2.46. The summed E-state index contributed by atoms with van der Waals surface area (Å²) < 4.78 is 0. The van der Waals surface area contributed by atoms with Crippen LogP contribution in [0.15, 0.2) is 0 Å². The van der Waals surface area contributed by atoms with Gasteiger partial charge in [-0.05, 0) is 76.9 Å². The summed E-state index contributed by atoms with van der Waals surface area (Å²) in [4.78, 5) is 0. The summed E-state index contributed by atoms with van der Waals surface area (Å²) in [7, 11) is 0. The van der Waals surface area contributed by atoms with Crippen LogP contribution in [0, 0.1) is 76.9 Å².